The standard InChI is InChI=1S/C20H32N2/c1-16(2)17-13-19(21-18-9-5-3-6-10-18)15-22(14-17)20-11-7-4-8-12-20/h4,7-8,11-12,16-19,21H,3,5-6,9-10,13-15H2,1-2H3. The largest absolute Gasteiger partial charge is 0.370 e. The van der Waals surface area contributed by atoms with E-state index in [2.05, 4.69) is 54.4 Å². The van der Waals surface area contributed by atoms with E-state index in [4.69, 9.17) is 0 Å². The minimum absolute atomic E-state index is 0.657. The molecule has 122 valence electrons. The van der Waals surface area contributed by atoms with Crippen LogP contribution in [0, 0.1) is 11.8 Å². The summed E-state index contributed by atoms with van der Waals surface area (Å²) in [6.07, 6.45) is 8.38. The van der Waals surface area contributed by atoms with E-state index in [1.807, 2.05) is 0 Å². The number of piperidine rings is 1. The van der Waals surface area contributed by atoms with Crippen LogP contribution in [0.2, 0.25) is 0 Å². The Labute approximate surface area is 136 Å². The van der Waals surface area contributed by atoms with Crippen molar-refractivity contribution < 1.29 is 0 Å². The molecule has 1 aliphatic carbocycles. The van der Waals surface area contributed by atoms with Gasteiger partial charge in [0.2, 0.25) is 0 Å². The van der Waals surface area contributed by atoms with Crippen molar-refractivity contribution in [3.05, 3.63) is 30.3 Å². The normalized spacial score (nSPS) is 27.3. The van der Waals surface area contributed by atoms with Crippen LogP contribution in [-0.2, 0) is 0 Å². The molecule has 0 spiro atoms. The molecule has 1 aromatic rings. The number of nitrogens with one attached hydrogen (secondary N) is 1. The smallest absolute Gasteiger partial charge is 0.0366 e. The number of nitrogens with zero attached hydrogens (tertiary/aromatic N) is 1. The number of anilines is 1. The Hall–Kier alpha value is -1.02. The van der Waals surface area contributed by atoms with Crippen LogP contribution in [0.15, 0.2) is 30.3 Å². The molecular formula is C20H32N2. The molecule has 1 saturated carbocycles. The maximum atomic E-state index is 4.00. The third kappa shape index (κ3) is 4.04. The van der Waals surface area contributed by atoms with E-state index in [9.17, 15) is 0 Å². The first-order chi connectivity index (χ1) is 10.7. The van der Waals surface area contributed by atoms with E-state index in [0.29, 0.717) is 6.04 Å². The van der Waals surface area contributed by atoms with Crippen molar-refractivity contribution in [3.8, 4) is 0 Å². The van der Waals surface area contributed by atoms with Crippen molar-refractivity contribution in [3.63, 3.8) is 0 Å². The number of hydrogen-bond donors (Lipinski definition) is 1. The minimum Gasteiger partial charge on any atom is -0.370 e. The number of hydrogen-bond acceptors (Lipinski definition) is 2. The molecule has 1 N–H and O–H groups in total. The predicted molar refractivity (Wildman–Crippen MR) is 95.4 cm³/mol. The molecule has 2 fully saturated rings. The molecule has 2 unspecified atom stereocenters. The van der Waals surface area contributed by atoms with Crippen LogP contribution in [0.1, 0.15) is 52.4 Å². The zero-order valence-electron chi connectivity index (χ0n) is 14.3. The molecule has 0 amide bonds. The molecule has 1 aliphatic heterocycles. The van der Waals surface area contributed by atoms with E-state index >= 15 is 0 Å². The van der Waals surface area contributed by atoms with Crippen molar-refractivity contribution >= 4 is 5.69 Å². The maximum Gasteiger partial charge on any atom is 0.0366 e. The summed E-state index contributed by atoms with van der Waals surface area (Å²) in [6, 6.07) is 12.4. The van der Waals surface area contributed by atoms with Gasteiger partial charge in [-0.3, -0.25) is 0 Å². The van der Waals surface area contributed by atoms with Gasteiger partial charge >= 0.3 is 0 Å². The Balaban J connectivity index is 1.67. The zero-order chi connectivity index (χ0) is 15.4. The molecular weight excluding hydrogens is 268 g/mol. The van der Waals surface area contributed by atoms with Crippen LogP contribution in [-0.4, -0.2) is 25.2 Å². The molecule has 1 aromatic carbocycles. The van der Waals surface area contributed by atoms with Gasteiger partial charge in [-0.05, 0) is 43.2 Å². The second-order valence-electron chi connectivity index (χ2n) is 7.68. The molecule has 2 heteroatoms. The van der Waals surface area contributed by atoms with Crippen molar-refractivity contribution in [1.82, 2.24) is 5.32 Å². The number of benzene rings is 1. The molecule has 2 aliphatic rings. The Kier molecular flexibility index (Phi) is 5.41. The van der Waals surface area contributed by atoms with Gasteiger partial charge in [0.05, 0.1) is 0 Å². The average molecular weight is 300 g/mol. The highest BCUT2D eigenvalue weighted by molar-refractivity contribution is 5.46. The summed E-state index contributed by atoms with van der Waals surface area (Å²) in [5.41, 5.74) is 1.39. The van der Waals surface area contributed by atoms with Gasteiger partial charge in [-0.2, -0.15) is 0 Å². The Bertz CT molecular complexity index is 436. The van der Waals surface area contributed by atoms with Crippen LogP contribution in [0.5, 0.6) is 0 Å². The molecule has 1 heterocycles. The molecule has 3 rings (SSSR count). The summed E-state index contributed by atoms with van der Waals surface area (Å²) >= 11 is 0. The number of rotatable bonds is 4. The highest BCUT2D eigenvalue weighted by Gasteiger charge is 2.30. The van der Waals surface area contributed by atoms with Crippen LogP contribution in [0.4, 0.5) is 5.69 Å². The average Bonchev–Trinajstić information content (AvgIpc) is 2.56. The first-order valence-corrected chi connectivity index (χ1v) is 9.28. The Morgan fingerprint density at radius 1 is 0.955 bits per heavy atom. The van der Waals surface area contributed by atoms with Crippen molar-refractivity contribution in [1.29, 1.82) is 0 Å². The monoisotopic (exact) mass is 300 g/mol. The second kappa shape index (κ2) is 7.50. The van der Waals surface area contributed by atoms with E-state index in [-0.39, 0.29) is 0 Å². The van der Waals surface area contributed by atoms with Gasteiger partial charge in [0, 0.05) is 30.9 Å². The Morgan fingerprint density at radius 3 is 2.36 bits per heavy atom. The fourth-order valence-corrected chi connectivity index (χ4v) is 4.19. The third-order valence-electron chi connectivity index (χ3n) is 5.62. The summed E-state index contributed by atoms with van der Waals surface area (Å²) in [4.78, 5) is 2.61. The van der Waals surface area contributed by atoms with Gasteiger partial charge in [0.15, 0.2) is 0 Å². The molecule has 2 nitrogen and oxygen atoms in total. The zero-order valence-corrected chi connectivity index (χ0v) is 14.3. The fraction of sp³-hybridized carbons (Fsp3) is 0.700. The maximum absolute atomic E-state index is 4.00. The second-order valence-corrected chi connectivity index (χ2v) is 7.68. The van der Waals surface area contributed by atoms with Gasteiger partial charge in [-0.15, -0.1) is 0 Å². The molecule has 2 atom stereocenters. The fourth-order valence-electron chi connectivity index (χ4n) is 4.19. The highest BCUT2D eigenvalue weighted by Crippen LogP contribution is 2.29. The molecule has 22 heavy (non-hydrogen) atoms. The summed E-state index contributed by atoms with van der Waals surface area (Å²) in [5, 5.41) is 4.00. The summed E-state index contributed by atoms with van der Waals surface area (Å²) in [5.74, 6) is 1.57. The Morgan fingerprint density at radius 2 is 1.68 bits per heavy atom. The van der Waals surface area contributed by atoms with E-state index in [1.54, 1.807) is 0 Å². The van der Waals surface area contributed by atoms with Crippen LogP contribution in [0.25, 0.3) is 0 Å². The van der Waals surface area contributed by atoms with E-state index < -0.39 is 0 Å². The highest BCUT2D eigenvalue weighted by atomic mass is 15.2. The SMILES string of the molecule is CC(C)C1CC(NC2CCCCC2)CN(c2ccccc2)C1. The van der Waals surface area contributed by atoms with Crippen LogP contribution >= 0.6 is 0 Å². The lowest BCUT2D eigenvalue weighted by molar-refractivity contribution is 0.242. The number of para-hydroxylation sites is 1. The van der Waals surface area contributed by atoms with Crippen molar-refractivity contribution in [2.24, 2.45) is 11.8 Å². The van der Waals surface area contributed by atoms with Gasteiger partial charge < -0.3 is 10.2 Å². The predicted octanol–water partition coefficient (Wildman–Crippen LogP) is 4.46. The van der Waals surface area contributed by atoms with Crippen LogP contribution in [0.3, 0.4) is 0 Å². The molecule has 0 aromatic heterocycles. The molecule has 1 saturated heterocycles. The van der Waals surface area contributed by atoms with E-state index in [1.165, 1.54) is 57.3 Å². The molecule has 0 radical (unpaired) electrons. The van der Waals surface area contributed by atoms with Gasteiger partial charge in [-0.25, -0.2) is 0 Å². The summed E-state index contributed by atoms with van der Waals surface area (Å²) < 4.78 is 0. The lowest BCUT2D eigenvalue weighted by atomic mass is 9.84. The van der Waals surface area contributed by atoms with Crippen molar-refractivity contribution in [2.75, 3.05) is 18.0 Å². The first-order valence-electron chi connectivity index (χ1n) is 9.28. The van der Waals surface area contributed by atoms with Crippen molar-refractivity contribution in [2.45, 2.75) is 64.5 Å². The van der Waals surface area contributed by atoms with Crippen LogP contribution < -0.4 is 10.2 Å². The topological polar surface area (TPSA) is 15.3 Å². The van der Waals surface area contributed by atoms with Gasteiger partial charge in [0.1, 0.15) is 0 Å². The van der Waals surface area contributed by atoms with Gasteiger partial charge in [-0.1, -0.05) is 51.3 Å². The van der Waals surface area contributed by atoms with Gasteiger partial charge in [0.25, 0.3) is 0 Å². The quantitative estimate of drug-likeness (QED) is 0.883. The van der Waals surface area contributed by atoms with E-state index in [0.717, 1.165) is 17.9 Å². The minimum atomic E-state index is 0.657. The lowest BCUT2D eigenvalue weighted by Crippen LogP contribution is -2.53. The summed E-state index contributed by atoms with van der Waals surface area (Å²) in [7, 11) is 0. The third-order valence-corrected chi connectivity index (χ3v) is 5.62. The first kappa shape index (κ1) is 15.9. The molecule has 0 bridgehead atoms. The lowest BCUT2D eigenvalue weighted by Gasteiger charge is -2.42. The summed E-state index contributed by atoms with van der Waals surface area (Å²) in [6.45, 7) is 7.15.